The molecule has 1 aromatic carbocycles. The second-order valence-electron chi connectivity index (χ2n) is 9.64. The average molecular weight is 513 g/mol. The van der Waals surface area contributed by atoms with E-state index in [2.05, 4.69) is 25.6 Å². The van der Waals surface area contributed by atoms with Crippen molar-refractivity contribution in [1.29, 1.82) is 0 Å². The molecule has 5 rings (SSSR count). The van der Waals surface area contributed by atoms with E-state index in [9.17, 15) is 9.59 Å². The van der Waals surface area contributed by atoms with Gasteiger partial charge in [-0.2, -0.15) is 0 Å². The smallest absolute Gasteiger partial charge is 0.330 e. The topological polar surface area (TPSA) is 121 Å². The van der Waals surface area contributed by atoms with Crippen LogP contribution in [0.5, 0.6) is 0 Å². The van der Waals surface area contributed by atoms with E-state index >= 15 is 0 Å². The number of pyridine rings is 1. The van der Waals surface area contributed by atoms with Gasteiger partial charge in [0, 0.05) is 28.5 Å². The van der Waals surface area contributed by atoms with Crippen molar-refractivity contribution in [3.05, 3.63) is 35.6 Å². The number of benzene rings is 1. The van der Waals surface area contributed by atoms with Gasteiger partial charge in [-0.05, 0) is 39.0 Å². The molecular formula is C25H29ClN6O4. The van der Waals surface area contributed by atoms with E-state index < -0.39 is 17.7 Å². The average Bonchev–Trinajstić information content (AvgIpc) is 3.44. The summed E-state index contributed by atoms with van der Waals surface area (Å²) in [5, 5.41) is 8.59. The molecule has 10 nitrogen and oxygen atoms in total. The van der Waals surface area contributed by atoms with Crippen LogP contribution in [0.2, 0.25) is 5.02 Å². The highest BCUT2D eigenvalue weighted by Gasteiger charge is 2.39. The minimum Gasteiger partial charge on any atom is -0.464 e. The van der Waals surface area contributed by atoms with Crippen LogP contribution in [0.3, 0.4) is 0 Å². The predicted molar refractivity (Wildman–Crippen MR) is 138 cm³/mol. The number of amidine groups is 1. The van der Waals surface area contributed by atoms with Gasteiger partial charge >= 0.3 is 5.97 Å². The van der Waals surface area contributed by atoms with Gasteiger partial charge in [-0.1, -0.05) is 11.6 Å². The molecule has 0 bridgehead atoms. The highest BCUT2D eigenvalue weighted by Crippen LogP contribution is 2.33. The number of anilines is 1. The molecular weight excluding hydrogens is 484 g/mol. The lowest BCUT2D eigenvalue weighted by atomic mass is 10.0. The first-order valence-electron chi connectivity index (χ1n) is 11.9. The van der Waals surface area contributed by atoms with Gasteiger partial charge in [-0.15, -0.1) is 0 Å². The highest BCUT2D eigenvalue weighted by molar-refractivity contribution is 6.33. The van der Waals surface area contributed by atoms with Gasteiger partial charge in [-0.25, -0.2) is 4.79 Å². The summed E-state index contributed by atoms with van der Waals surface area (Å²) in [4.78, 5) is 39.7. The molecule has 4 heterocycles. The molecule has 0 radical (unpaired) electrons. The van der Waals surface area contributed by atoms with Crippen LogP contribution >= 0.6 is 11.6 Å². The van der Waals surface area contributed by atoms with Crippen molar-refractivity contribution in [2.24, 2.45) is 4.99 Å². The molecule has 2 atom stereocenters. The zero-order chi connectivity index (χ0) is 25.4. The van der Waals surface area contributed by atoms with E-state index in [4.69, 9.17) is 21.1 Å². The lowest BCUT2D eigenvalue weighted by Gasteiger charge is -2.42. The van der Waals surface area contributed by atoms with Gasteiger partial charge < -0.3 is 25.1 Å². The third-order valence-electron chi connectivity index (χ3n) is 6.42. The number of aromatic amines is 1. The number of aliphatic imine (C=N–C) groups is 1. The Hall–Kier alpha value is -3.21. The van der Waals surface area contributed by atoms with Crippen LogP contribution in [0, 0.1) is 0 Å². The fraction of sp³-hybridized carbons (Fsp3) is 0.440. The Kier molecular flexibility index (Phi) is 6.59. The molecule has 2 aliphatic rings. The number of ether oxygens (including phenoxy) is 2. The minimum atomic E-state index is -0.566. The fourth-order valence-electron chi connectivity index (χ4n) is 4.75. The maximum absolute atomic E-state index is 13.6. The van der Waals surface area contributed by atoms with Crippen LogP contribution < -0.4 is 10.6 Å². The van der Waals surface area contributed by atoms with Gasteiger partial charge in [0.05, 0.1) is 54.8 Å². The van der Waals surface area contributed by atoms with Crippen LogP contribution in [0.25, 0.3) is 21.8 Å². The second-order valence-corrected chi connectivity index (χ2v) is 10.1. The largest absolute Gasteiger partial charge is 0.464 e. The SMILES string of the molecule is CCOC(=O)C1CN=C(CN2CC(C)(C)OC[C@H]2C(=O)Nc2cc(Cl)cc3c2[nH]c2cnccc23)N1. The third kappa shape index (κ3) is 4.88. The summed E-state index contributed by atoms with van der Waals surface area (Å²) < 4.78 is 11.1. The van der Waals surface area contributed by atoms with Crippen molar-refractivity contribution in [2.75, 3.05) is 38.2 Å². The van der Waals surface area contributed by atoms with E-state index in [1.165, 1.54) is 0 Å². The van der Waals surface area contributed by atoms with Crippen LogP contribution in [0.1, 0.15) is 20.8 Å². The van der Waals surface area contributed by atoms with Crippen LogP contribution in [-0.4, -0.2) is 83.1 Å². The number of esters is 1. The number of rotatable bonds is 6. The number of amides is 1. The summed E-state index contributed by atoms with van der Waals surface area (Å²) in [5.41, 5.74) is 1.78. The number of morpholine rings is 1. The summed E-state index contributed by atoms with van der Waals surface area (Å²) in [6.45, 7) is 7.48. The van der Waals surface area contributed by atoms with Crippen molar-refractivity contribution >= 4 is 56.8 Å². The molecule has 1 amide bonds. The Bertz CT molecular complexity index is 1350. The molecule has 190 valence electrons. The van der Waals surface area contributed by atoms with Crippen molar-refractivity contribution in [2.45, 2.75) is 38.5 Å². The molecule has 2 aliphatic heterocycles. The number of hydrogen-bond donors (Lipinski definition) is 3. The molecule has 1 unspecified atom stereocenters. The van der Waals surface area contributed by atoms with Crippen LogP contribution in [-0.2, 0) is 19.1 Å². The summed E-state index contributed by atoms with van der Waals surface area (Å²) >= 11 is 6.41. The van der Waals surface area contributed by atoms with Gasteiger partial charge in [-0.3, -0.25) is 19.7 Å². The lowest BCUT2D eigenvalue weighted by molar-refractivity contribution is -0.145. The van der Waals surface area contributed by atoms with Crippen molar-refractivity contribution in [3.63, 3.8) is 0 Å². The highest BCUT2D eigenvalue weighted by atomic mass is 35.5. The molecule has 0 aliphatic carbocycles. The lowest BCUT2D eigenvalue weighted by Crippen LogP contribution is -2.60. The molecule has 1 saturated heterocycles. The molecule has 3 aromatic rings. The standard InChI is InChI=1S/C25H29ClN6O4/c1-4-35-24(34)19-10-28-21(29-19)11-32-13-25(2,3)36-12-20(32)23(33)31-17-8-14(26)7-16-15-5-6-27-9-18(15)30-22(16)17/h5-9,19-20,30H,4,10-13H2,1-3H3,(H,28,29)(H,31,33)/t19?,20-/m0/s1. The Balaban J connectivity index is 1.36. The number of hydrogen-bond acceptors (Lipinski definition) is 8. The molecule has 3 N–H and O–H groups in total. The number of halogens is 1. The monoisotopic (exact) mass is 512 g/mol. The molecule has 2 aromatic heterocycles. The first-order valence-corrected chi connectivity index (χ1v) is 12.3. The van der Waals surface area contributed by atoms with E-state index in [1.54, 1.807) is 25.4 Å². The van der Waals surface area contributed by atoms with Gasteiger partial charge in [0.15, 0.2) is 0 Å². The van der Waals surface area contributed by atoms with Crippen molar-refractivity contribution in [3.8, 4) is 0 Å². The first-order chi connectivity index (χ1) is 17.2. The number of aromatic nitrogens is 2. The zero-order valence-corrected chi connectivity index (χ0v) is 21.2. The number of carbonyl (C=O) groups excluding carboxylic acids is 2. The molecule has 36 heavy (non-hydrogen) atoms. The summed E-state index contributed by atoms with van der Waals surface area (Å²) in [7, 11) is 0. The van der Waals surface area contributed by atoms with Crippen LogP contribution in [0.4, 0.5) is 5.69 Å². The van der Waals surface area contributed by atoms with Crippen LogP contribution in [0.15, 0.2) is 35.6 Å². The molecule has 1 fully saturated rings. The van der Waals surface area contributed by atoms with Gasteiger partial charge in [0.25, 0.3) is 0 Å². The van der Waals surface area contributed by atoms with E-state index in [0.29, 0.717) is 42.8 Å². The van der Waals surface area contributed by atoms with E-state index in [0.717, 1.165) is 21.8 Å². The Morgan fingerprint density at radius 1 is 1.33 bits per heavy atom. The molecule has 11 heteroatoms. The quantitative estimate of drug-likeness (QED) is 0.434. The Labute approximate surface area is 213 Å². The summed E-state index contributed by atoms with van der Waals surface area (Å²) in [6, 6.07) is 4.44. The number of nitrogens with one attached hydrogen (secondary N) is 3. The first kappa shape index (κ1) is 24.5. The second kappa shape index (κ2) is 9.68. The molecule has 0 spiro atoms. The number of fused-ring (bicyclic) bond motifs is 3. The normalized spacial score (nSPS) is 21.8. The third-order valence-corrected chi connectivity index (χ3v) is 6.64. The molecule has 0 saturated carbocycles. The fourth-order valence-corrected chi connectivity index (χ4v) is 4.97. The minimum absolute atomic E-state index is 0.216. The predicted octanol–water partition coefficient (Wildman–Crippen LogP) is 2.72. The Morgan fingerprint density at radius 3 is 2.97 bits per heavy atom. The summed E-state index contributed by atoms with van der Waals surface area (Å²) in [6.07, 6.45) is 3.46. The zero-order valence-electron chi connectivity index (χ0n) is 20.4. The maximum Gasteiger partial charge on any atom is 0.330 e. The number of carbonyl (C=O) groups is 2. The Morgan fingerprint density at radius 2 is 2.17 bits per heavy atom. The van der Waals surface area contributed by atoms with Gasteiger partial charge in [0.2, 0.25) is 5.91 Å². The van der Waals surface area contributed by atoms with Crippen molar-refractivity contribution < 1.29 is 19.1 Å². The van der Waals surface area contributed by atoms with Gasteiger partial charge in [0.1, 0.15) is 17.9 Å². The van der Waals surface area contributed by atoms with E-state index in [-0.39, 0.29) is 18.5 Å². The number of H-pyrrole nitrogens is 1. The maximum atomic E-state index is 13.6. The summed E-state index contributed by atoms with van der Waals surface area (Å²) in [5.74, 6) is 0.106. The van der Waals surface area contributed by atoms with Crippen molar-refractivity contribution in [1.82, 2.24) is 20.2 Å². The van der Waals surface area contributed by atoms with E-state index in [1.807, 2.05) is 30.9 Å². The number of nitrogens with zero attached hydrogens (tertiary/aromatic N) is 3.